The lowest BCUT2D eigenvalue weighted by Gasteiger charge is -2.12. The molecular formula is C20H25N3O3. The van der Waals surface area contributed by atoms with Gasteiger partial charge >= 0.3 is 0 Å². The Balaban J connectivity index is 1.89. The van der Waals surface area contributed by atoms with E-state index in [0.29, 0.717) is 17.8 Å². The van der Waals surface area contributed by atoms with Crippen LogP contribution in [0.2, 0.25) is 0 Å². The fourth-order valence-corrected chi connectivity index (χ4v) is 2.26. The molecule has 26 heavy (non-hydrogen) atoms. The van der Waals surface area contributed by atoms with E-state index in [1.807, 2.05) is 38.1 Å². The standard InChI is InChI=1S/C20H25N3O3/c1-4-19(24)22-16-8-5-9-17(11-16)23-20(25)13-21-15-7-6-10-18(12-15)26-14(2)3/h5-12,14,21H,4,13H2,1-3H3,(H,22,24)(H,23,25). The quantitative estimate of drug-likeness (QED) is 0.671. The van der Waals surface area contributed by atoms with Gasteiger partial charge in [-0.25, -0.2) is 0 Å². The molecule has 0 aliphatic carbocycles. The largest absolute Gasteiger partial charge is 0.491 e. The molecule has 0 atom stereocenters. The van der Waals surface area contributed by atoms with Gasteiger partial charge in [0.25, 0.3) is 0 Å². The Morgan fingerprint density at radius 1 is 0.923 bits per heavy atom. The zero-order valence-corrected chi connectivity index (χ0v) is 15.3. The maximum atomic E-state index is 12.1. The van der Waals surface area contributed by atoms with E-state index in [2.05, 4.69) is 16.0 Å². The van der Waals surface area contributed by atoms with Crippen LogP contribution < -0.4 is 20.7 Å². The van der Waals surface area contributed by atoms with Gasteiger partial charge in [-0.15, -0.1) is 0 Å². The molecule has 138 valence electrons. The summed E-state index contributed by atoms with van der Waals surface area (Å²) in [5.74, 6) is 0.502. The Kier molecular flexibility index (Phi) is 7.02. The normalized spacial score (nSPS) is 10.3. The van der Waals surface area contributed by atoms with Crippen molar-refractivity contribution in [2.75, 3.05) is 22.5 Å². The minimum Gasteiger partial charge on any atom is -0.491 e. The Morgan fingerprint density at radius 2 is 1.54 bits per heavy atom. The SMILES string of the molecule is CCC(=O)Nc1cccc(NC(=O)CNc2cccc(OC(C)C)c2)c1. The summed E-state index contributed by atoms with van der Waals surface area (Å²) >= 11 is 0. The zero-order chi connectivity index (χ0) is 18.9. The molecule has 2 aromatic carbocycles. The molecule has 6 nitrogen and oxygen atoms in total. The number of hydrogen-bond acceptors (Lipinski definition) is 4. The van der Waals surface area contributed by atoms with Crippen LogP contribution in [-0.4, -0.2) is 24.5 Å². The molecule has 0 bridgehead atoms. The molecule has 0 unspecified atom stereocenters. The molecule has 2 aromatic rings. The monoisotopic (exact) mass is 355 g/mol. The second kappa shape index (κ2) is 9.46. The summed E-state index contributed by atoms with van der Waals surface area (Å²) < 4.78 is 5.64. The van der Waals surface area contributed by atoms with Gasteiger partial charge in [0.2, 0.25) is 11.8 Å². The van der Waals surface area contributed by atoms with Crippen molar-refractivity contribution in [2.24, 2.45) is 0 Å². The number of nitrogens with one attached hydrogen (secondary N) is 3. The lowest BCUT2D eigenvalue weighted by atomic mass is 10.2. The Bertz CT molecular complexity index is 759. The fourth-order valence-electron chi connectivity index (χ4n) is 2.26. The summed E-state index contributed by atoms with van der Waals surface area (Å²) in [6, 6.07) is 14.5. The van der Waals surface area contributed by atoms with Crippen LogP contribution in [-0.2, 0) is 9.59 Å². The first kappa shape index (κ1) is 19.3. The molecule has 0 radical (unpaired) electrons. The van der Waals surface area contributed by atoms with Gasteiger partial charge in [-0.05, 0) is 44.2 Å². The molecule has 0 heterocycles. The highest BCUT2D eigenvalue weighted by Gasteiger charge is 2.05. The van der Waals surface area contributed by atoms with Gasteiger partial charge < -0.3 is 20.7 Å². The van der Waals surface area contributed by atoms with Crippen LogP contribution >= 0.6 is 0 Å². The maximum absolute atomic E-state index is 12.1. The lowest BCUT2D eigenvalue weighted by molar-refractivity contribution is -0.116. The van der Waals surface area contributed by atoms with E-state index < -0.39 is 0 Å². The summed E-state index contributed by atoms with van der Waals surface area (Å²) in [7, 11) is 0. The van der Waals surface area contributed by atoms with E-state index in [4.69, 9.17) is 4.74 Å². The third kappa shape index (κ3) is 6.47. The van der Waals surface area contributed by atoms with E-state index in [1.165, 1.54) is 0 Å². The summed E-state index contributed by atoms with van der Waals surface area (Å²) in [4.78, 5) is 23.6. The summed E-state index contributed by atoms with van der Waals surface area (Å²) in [6.45, 7) is 5.83. The highest BCUT2D eigenvalue weighted by Crippen LogP contribution is 2.19. The van der Waals surface area contributed by atoms with Crippen LogP contribution in [0, 0.1) is 0 Å². The van der Waals surface area contributed by atoms with Crippen LogP contribution in [0.15, 0.2) is 48.5 Å². The molecule has 0 aliphatic heterocycles. The molecule has 0 fully saturated rings. The van der Waals surface area contributed by atoms with Crippen molar-refractivity contribution in [1.29, 1.82) is 0 Å². The zero-order valence-electron chi connectivity index (χ0n) is 15.3. The first-order chi connectivity index (χ1) is 12.5. The molecule has 0 aliphatic rings. The highest BCUT2D eigenvalue weighted by molar-refractivity contribution is 5.95. The van der Waals surface area contributed by atoms with Gasteiger partial charge in [-0.2, -0.15) is 0 Å². The molecule has 6 heteroatoms. The molecule has 0 saturated heterocycles. The predicted molar refractivity (Wildman–Crippen MR) is 105 cm³/mol. The van der Waals surface area contributed by atoms with Crippen molar-refractivity contribution in [1.82, 2.24) is 0 Å². The van der Waals surface area contributed by atoms with Crippen molar-refractivity contribution < 1.29 is 14.3 Å². The number of ether oxygens (including phenoxy) is 1. The third-order valence-corrected chi connectivity index (χ3v) is 3.41. The van der Waals surface area contributed by atoms with E-state index in [9.17, 15) is 9.59 Å². The van der Waals surface area contributed by atoms with Gasteiger partial charge in [0.1, 0.15) is 5.75 Å². The van der Waals surface area contributed by atoms with Crippen LogP contribution in [0.5, 0.6) is 5.75 Å². The van der Waals surface area contributed by atoms with Gasteiger partial charge in [0, 0.05) is 29.5 Å². The predicted octanol–water partition coefficient (Wildman–Crippen LogP) is 3.87. The number of benzene rings is 2. The third-order valence-electron chi connectivity index (χ3n) is 3.41. The van der Waals surface area contributed by atoms with Gasteiger partial charge in [0.15, 0.2) is 0 Å². The van der Waals surface area contributed by atoms with Gasteiger partial charge in [-0.3, -0.25) is 9.59 Å². The lowest BCUT2D eigenvalue weighted by Crippen LogP contribution is -2.22. The van der Waals surface area contributed by atoms with E-state index in [1.54, 1.807) is 31.2 Å². The van der Waals surface area contributed by atoms with Gasteiger partial charge in [0.05, 0.1) is 12.6 Å². The van der Waals surface area contributed by atoms with E-state index in [0.717, 1.165) is 11.4 Å². The molecule has 0 spiro atoms. The van der Waals surface area contributed by atoms with Crippen LogP contribution in [0.1, 0.15) is 27.2 Å². The van der Waals surface area contributed by atoms with Crippen LogP contribution in [0.25, 0.3) is 0 Å². The average molecular weight is 355 g/mol. The number of amides is 2. The fraction of sp³-hybridized carbons (Fsp3) is 0.300. The van der Waals surface area contributed by atoms with E-state index >= 15 is 0 Å². The second-order valence-electron chi connectivity index (χ2n) is 6.08. The Labute approximate surface area is 153 Å². The van der Waals surface area contributed by atoms with Crippen molar-refractivity contribution in [3.63, 3.8) is 0 Å². The average Bonchev–Trinajstić information content (AvgIpc) is 2.60. The van der Waals surface area contributed by atoms with Crippen LogP contribution in [0.4, 0.5) is 17.1 Å². The first-order valence-electron chi connectivity index (χ1n) is 8.66. The topological polar surface area (TPSA) is 79.5 Å². The minimum absolute atomic E-state index is 0.0707. The number of carbonyl (C=O) groups is 2. The van der Waals surface area contributed by atoms with Crippen molar-refractivity contribution >= 4 is 28.9 Å². The smallest absolute Gasteiger partial charge is 0.243 e. The summed E-state index contributed by atoms with van der Waals surface area (Å²) in [5, 5.41) is 8.64. The van der Waals surface area contributed by atoms with E-state index in [-0.39, 0.29) is 24.5 Å². The van der Waals surface area contributed by atoms with Crippen LogP contribution in [0.3, 0.4) is 0 Å². The Hall–Kier alpha value is -3.02. The van der Waals surface area contributed by atoms with Gasteiger partial charge in [-0.1, -0.05) is 19.1 Å². The number of hydrogen-bond donors (Lipinski definition) is 3. The molecule has 2 amide bonds. The molecule has 0 saturated carbocycles. The summed E-state index contributed by atoms with van der Waals surface area (Å²) in [6.07, 6.45) is 0.495. The highest BCUT2D eigenvalue weighted by atomic mass is 16.5. The maximum Gasteiger partial charge on any atom is 0.243 e. The minimum atomic E-state index is -0.181. The molecule has 2 rings (SSSR count). The van der Waals surface area contributed by atoms with Crippen molar-refractivity contribution in [3.05, 3.63) is 48.5 Å². The van der Waals surface area contributed by atoms with Crippen molar-refractivity contribution in [2.45, 2.75) is 33.3 Å². The Morgan fingerprint density at radius 3 is 2.19 bits per heavy atom. The van der Waals surface area contributed by atoms with Crippen molar-refractivity contribution in [3.8, 4) is 5.75 Å². The summed E-state index contributed by atoms with van der Waals surface area (Å²) in [5.41, 5.74) is 2.09. The molecule has 3 N–H and O–H groups in total. The molecule has 0 aromatic heterocycles. The second-order valence-corrected chi connectivity index (χ2v) is 6.08. The number of anilines is 3. The molecular weight excluding hydrogens is 330 g/mol. The number of rotatable bonds is 8. The number of carbonyl (C=O) groups excluding carboxylic acids is 2. The first-order valence-corrected chi connectivity index (χ1v) is 8.66.